The molecule has 0 saturated carbocycles. The minimum Gasteiger partial charge on any atom is -0.481 e. The van der Waals surface area contributed by atoms with Crippen molar-refractivity contribution in [2.24, 2.45) is 0 Å². The zero-order valence-corrected chi connectivity index (χ0v) is 24.8. The Hall–Kier alpha value is -5.00. The van der Waals surface area contributed by atoms with Crippen LogP contribution in [0.5, 0.6) is 11.5 Å². The molecule has 0 unspecified atom stereocenters. The standard InChI is InChI=1S/C28H30FN5O10S/c1-18(35)16-42-10-8-30-25(36)17-43-11-9-31-27(39)20-14-32-28(33-15-20)34-45(40,41)23-5-2-21(3-6-23)44-22-4-7-24(29)19(12-22)13-26(37)38/h2-7,12,14-15H,8-11,13,16-17H2,1H3,(H,30,36)(H,31,39)(H,37,38)(H,32,33,34). The Morgan fingerprint density at radius 1 is 0.889 bits per heavy atom. The number of nitrogens with one attached hydrogen (secondary N) is 3. The number of hydrogen-bond donors (Lipinski definition) is 4. The summed E-state index contributed by atoms with van der Waals surface area (Å²) in [6.45, 7) is 1.66. The topological polar surface area (TPSA) is 212 Å². The third-order valence-corrected chi connectivity index (χ3v) is 6.85. The van der Waals surface area contributed by atoms with Crippen LogP contribution < -0.4 is 20.1 Å². The maximum Gasteiger partial charge on any atom is 0.307 e. The van der Waals surface area contributed by atoms with Gasteiger partial charge in [-0.05, 0) is 49.4 Å². The highest BCUT2D eigenvalue weighted by Crippen LogP contribution is 2.25. The lowest BCUT2D eigenvalue weighted by Crippen LogP contribution is -2.33. The number of anilines is 1. The third kappa shape index (κ3) is 11.9. The highest BCUT2D eigenvalue weighted by Gasteiger charge is 2.17. The van der Waals surface area contributed by atoms with Crippen molar-refractivity contribution >= 4 is 39.5 Å². The van der Waals surface area contributed by atoms with Crippen molar-refractivity contribution in [3.05, 3.63) is 71.8 Å². The summed E-state index contributed by atoms with van der Waals surface area (Å²) < 4.78 is 57.3. The Kier molecular flexibility index (Phi) is 12.8. The number of carboxylic acid groups (broad SMARTS) is 1. The molecule has 1 heterocycles. The van der Waals surface area contributed by atoms with Crippen LogP contribution >= 0.6 is 0 Å². The van der Waals surface area contributed by atoms with Gasteiger partial charge in [-0.25, -0.2) is 27.5 Å². The van der Waals surface area contributed by atoms with Crippen LogP contribution in [-0.4, -0.2) is 86.6 Å². The number of rotatable bonds is 18. The van der Waals surface area contributed by atoms with E-state index in [1.54, 1.807) is 0 Å². The van der Waals surface area contributed by atoms with Gasteiger partial charge < -0.3 is 30.0 Å². The van der Waals surface area contributed by atoms with E-state index < -0.39 is 34.1 Å². The second-order valence-electron chi connectivity index (χ2n) is 9.21. The number of aromatic nitrogens is 2. The molecule has 0 bridgehead atoms. The molecule has 2 aromatic carbocycles. The summed E-state index contributed by atoms with van der Waals surface area (Å²) in [5, 5.41) is 14.0. The Labute approximate surface area is 257 Å². The fourth-order valence-electron chi connectivity index (χ4n) is 3.45. The first-order chi connectivity index (χ1) is 21.4. The molecule has 0 aliphatic heterocycles. The minimum atomic E-state index is -4.12. The van der Waals surface area contributed by atoms with Gasteiger partial charge in [-0.2, -0.15) is 0 Å². The molecule has 3 aromatic rings. The molecule has 0 fully saturated rings. The molecule has 45 heavy (non-hydrogen) atoms. The third-order valence-electron chi connectivity index (χ3n) is 5.51. The van der Waals surface area contributed by atoms with Gasteiger partial charge in [0.25, 0.3) is 15.9 Å². The van der Waals surface area contributed by atoms with Gasteiger partial charge in [0.2, 0.25) is 11.9 Å². The summed E-state index contributed by atoms with van der Waals surface area (Å²) in [4.78, 5) is 53.2. The fourth-order valence-corrected chi connectivity index (χ4v) is 4.40. The number of halogens is 1. The van der Waals surface area contributed by atoms with E-state index in [1.807, 2.05) is 0 Å². The van der Waals surface area contributed by atoms with Crippen molar-refractivity contribution in [2.45, 2.75) is 18.2 Å². The number of amides is 2. The Morgan fingerprint density at radius 3 is 2.16 bits per heavy atom. The van der Waals surface area contributed by atoms with Crippen molar-refractivity contribution in [3.63, 3.8) is 0 Å². The Balaban J connectivity index is 1.43. The van der Waals surface area contributed by atoms with Crippen LogP contribution in [-0.2, 0) is 40.3 Å². The smallest absolute Gasteiger partial charge is 0.307 e. The van der Waals surface area contributed by atoms with E-state index in [0.29, 0.717) is 0 Å². The number of benzene rings is 2. The summed E-state index contributed by atoms with van der Waals surface area (Å²) in [5.41, 5.74) is -0.0144. The summed E-state index contributed by atoms with van der Waals surface area (Å²) in [6, 6.07) is 8.83. The molecule has 0 aliphatic carbocycles. The van der Waals surface area contributed by atoms with Crippen LogP contribution in [0.1, 0.15) is 22.8 Å². The van der Waals surface area contributed by atoms with E-state index >= 15 is 0 Å². The molecule has 0 atom stereocenters. The zero-order valence-electron chi connectivity index (χ0n) is 23.9. The number of carboxylic acids is 1. The van der Waals surface area contributed by atoms with E-state index in [0.717, 1.165) is 18.5 Å². The average Bonchev–Trinajstić information content (AvgIpc) is 2.98. The van der Waals surface area contributed by atoms with Gasteiger partial charge in [-0.15, -0.1) is 0 Å². The van der Waals surface area contributed by atoms with Gasteiger partial charge in [0.15, 0.2) is 5.78 Å². The highest BCUT2D eigenvalue weighted by molar-refractivity contribution is 7.92. The van der Waals surface area contributed by atoms with Gasteiger partial charge in [-0.1, -0.05) is 0 Å². The molecule has 3 rings (SSSR count). The first-order valence-corrected chi connectivity index (χ1v) is 14.7. The van der Waals surface area contributed by atoms with E-state index in [1.165, 1.54) is 43.3 Å². The van der Waals surface area contributed by atoms with Crippen molar-refractivity contribution in [1.82, 2.24) is 20.6 Å². The van der Waals surface area contributed by atoms with Gasteiger partial charge >= 0.3 is 5.97 Å². The van der Waals surface area contributed by atoms with Crippen LogP contribution in [0.2, 0.25) is 0 Å². The second kappa shape index (κ2) is 16.7. The number of carbonyl (C=O) groups is 4. The van der Waals surface area contributed by atoms with E-state index in [4.69, 9.17) is 19.3 Å². The maximum absolute atomic E-state index is 13.8. The minimum absolute atomic E-state index is 0.0235. The fraction of sp³-hybridized carbons (Fsp3) is 0.286. The number of Topliss-reactive ketones (excluding diaryl/α,β-unsaturated/α-hetero) is 1. The summed E-state index contributed by atoms with van der Waals surface area (Å²) in [5.74, 6) is -2.85. The van der Waals surface area contributed by atoms with Crippen molar-refractivity contribution in [3.8, 4) is 11.5 Å². The van der Waals surface area contributed by atoms with Crippen LogP contribution in [0.4, 0.5) is 10.3 Å². The van der Waals surface area contributed by atoms with Gasteiger partial charge in [0, 0.05) is 31.0 Å². The number of ketones is 1. The van der Waals surface area contributed by atoms with E-state index in [-0.39, 0.29) is 84.7 Å². The van der Waals surface area contributed by atoms with E-state index in [2.05, 4.69) is 25.3 Å². The zero-order chi connectivity index (χ0) is 32.8. The molecule has 17 heteroatoms. The molecular formula is C28H30FN5O10S. The first-order valence-electron chi connectivity index (χ1n) is 13.3. The molecule has 4 N–H and O–H groups in total. The number of carbonyl (C=O) groups excluding carboxylic acids is 3. The molecular weight excluding hydrogens is 617 g/mol. The SMILES string of the molecule is CC(=O)COCCNC(=O)COCCNC(=O)c1cnc(NS(=O)(=O)c2ccc(Oc3ccc(F)c(CC(=O)O)c3)cc2)nc1. The molecule has 240 valence electrons. The molecule has 0 saturated heterocycles. The first kappa shape index (κ1) is 34.5. The van der Waals surface area contributed by atoms with Crippen LogP contribution in [0, 0.1) is 5.82 Å². The van der Waals surface area contributed by atoms with Crippen molar-refractivity contribution in [2.75, 3.05) is 44.2 Å². The van der Waals surface area contributed by atoms with Gasteiger partial charge in [0.1, 0.15) is 30.5 Å². The van der Waals surface area contributed by atoms with E-state index in [9.17, 15) is 32.0 Å². The van der Waals surface area contributed by atoms with Crippen LogP contribution in [0.25, 0.3) is 0 Å². The highest BCUT2D eigenvalue weighted by atomic mass is 32.2. The lowest BCUT2D eigenvalue weighted by Gasteiger charge is -2.10. The number of ether oxygens (including phenoxy) is 3. The van der Waals surface area contributed by atoms with Crippen LogP contribution in [0.15, 0.2) is 59.8 Å². The van der Waals surface area contributed by atoms with Crippen LogP contribution in [0.3, 0.4) is 0 Å². The predicted octanol–water partition coefficient (Wildman–Crippen LogP) is 1.30. The molecule has 1 aromatic heterocycles. The molecule has 0 aliphatic rings. The predicted molar refractivity (Wildman–Crippen MR) is 155 cm³/mol. The van der Waals surface area contributed by atoms with Gasteiger partial charge in [0.05, 0.1) is 30.1 Å². The summed E-state index contributed by atoms with van der Waals surface area (Å²) in [7, 11) is -4.12. The molecule has 0 radical (unpaired) electrons. The monoisotopic (exact) mass is 647 g/mol. The Bertz CT molecular complexity index is 1600. The summed E-state index contributed by atoms with van der Waals surface area (Å²) >= 11 is 0. The normalized spacial score (nSPS) is 11.0. The quantitative estimate of drug-likeness (QED) is 0.144. The van der Waals surface area contributed by atoms with Crippen molar-refractivity contribution in [1.29, 1.82) is 0 Å². The number of hydrogen-bond acceptors (Lipinski definition) is 11. The number of aliphatic carboxylic acids is 1. The average molecular weight is 648 g/mol. The van der Waals surface area contributed by atoms with Gasteiger partial charge in [-0.3, -0.25) is 19.2 Å². The molecule has 15 nitrogen and oxygen atoms in total. The lowest BCUT2D eigenvalue weighted by atomic mass is 10.1. The number of nitrogens with zero attached hydrogens (tertiary/aromatic N) is 2. The lowest BCUT2D eigenvalue weighted by molar-refractivity contribution is -0.136. The Morgan fingerprint density at radius 2 is 1.51 bits per heavy atom. The molecule has 2 amide bonds. The molecule has 0 spiro atoms. The summed E-state index contributed by atoms with van der Waals surface area (Å²) in [6.07, 6.45) is 1.72. The maximum atomic E-state index is 13.8. The second-order valence-corrected chi connectivity index (χ2v) is 10.9. The largest absolute Gasteiger partial charge is 0.481 e. The van der Waals surface area contributed by atoms with Crippen molar-refractivity contribution < 1.29 is 51.3 Å². The number of sulfonamides is 1.